The van der Waals surface area contributed by atoms with E-state index >= 15 is 0 Å². The summed E-state index contributed by atoms with van der Waals surface area (Å²) in [6, 6.07) is 7.30. The second-order valence-corrected chi connectivity index (χ2v) is 6.20. The molecular formula is C17H17N3O3S. The molecule has 3 rings (SSSR count). The first kappa shape index (κ1) is 16.3. The highest BCUT2D eigenvalue weighted by Crippen LogP contribution is 2.33. The number of aromatic nitrogens is 3. The Morgan fingerprint density at radius 2 is 2.12 bits per heavy atom. The van der Waals surface area contributed by atoms with Gasteiger partial charge in [0, 0.05) is 30.9 Å². The second-order valence-electron chi connectivity index (χ2n) is 4.97. The van der Waals surface area contributed by atoms with Gasteiger partial charge in [0.15, 0.2) is 16.7 Å². The third-order valence-electron chi connectivity index (χ3n) is 3.34. The molecular weight excluding hydrogens is 326 g/mol. The Bertz CT molecular complexity index is 892. The Hall–Kier alpha value is -2.54. The van der Waals surface area contributed by atoms with Gasteiger partial charge < -0.3 is 9.47 Å². The van der Waals surface area contributed by atoms with Crippen molar-refractivity contribution in [2.45, 2.75) is 19.0 Å². The van der Waals surface area contributed by atoms with E-state index in [-0.39, 0.29) is 0 Å². The van der Waals surface area contributed by atoms with Crippen LogP contribution in [0.25, 0.3) is 16.9 Å². The smallest absolute Gasteiger partial charge is 0.308 e. The van der Waals surface area contributed by atoms with Gasteiger partial charge in [0.2, 0.25) is 0 Å². The number of imidazole rings is 1. The van der Waals surface area contributed by atoms with Crippen LogP contribution in [0.15, 0.2) is 41.8 Å². The van der Waals surface area contributed by atoms with Crippen molar-refractivity contribution in [2.75, 3.05) is 12.9 Å². The summed E-state index contributed by atoms with van der Waals surface area (Å²) in [6.07, 6.45) is 3.64. The highest BCUT2D eigenvalue weighted by molar-refractivity contribution is 7.99. The maximum atomic E-state index is 11.3. The lowest BCUT2D eigenvalue weighted by Gasteiger charge is -2.11. The van der Waals surface area contributed by atoms with Gasteiger partial charge in [-0.05, 0) is 24.0 Å². The van der Waals surface area contributed by atoms with E-state index in [9.17, 15) is 4.79 Å². The van der Waals surface area contributed by atoms with Crippen molar-refractivity contribution in [1.29, 1.82) is 0 Å². The Balaban J connectivity index is 2.11. The van der Waals surface area contributed by atoms with E-state index in [4.69, 9.17) is 14.5 Å². The molecule has 0 amide bonds. The molecule has 0 unspecified atom stereocenters. The summed E-state index contributed by atoms with van der Waals surface area (Å²) in [5, 5.41) is 0.868. The number of fused-ring (bicyclic) bond motifs is 1. The quantitative estimate of drug-likeness (QED) is 0.306. The Kier molecular flexibility index (Phi) is 4.71. The molecule has 24 heavy (non-hydrogen) atoms. The minimum atomic E-state index is -0.399. The van der Waals surface area contributed by atoms with Crippen LogP contribution in [-0.2, 0) is 4.79 Å². The van der Waals surface area contributed by atoms with Crippen LogP contribution in [0.3, 0.4) is 0 Å². The van der Waals surface area contributed by atoms with Crippen LogP contribution in [0.4, 0.5) is 0 Å². The molecule has 2 heterocycles. The summed E-state index contributed by atoms with van der Waals surface area (Å²) in [4.78, 5) is 20.4. The lowest BCUT2D eigenvalue weighted by molar-refractivity contribution is -0.132. The van der Waals surface area contributed by atoms with Crippen LogP contribution in [0.1, 0.15) is 13.8 Å². The fourth-order valence-corrected chi connectivity index (χ4v) is 3.06. The van der Waals surface area contributed by atoms with Crippen LogP contribution >= 0.6 is 11.8 Å². The molecule has 0 radical (unpaired) electrons. The predicted molar refractivity (Wildman–Crippen MR) is 92.7 cm³/mol. The summed E-state index contributed by atoms with van der Waals surface area (Å²) < 4.78 is 12.4. The van der Waals surface area contributed by atoms with Gasteiger partial charge in [-0.15, -0.1) is 0 Å². The average molecular weight is 343 g/mol. The maximum Gasteiger partial charge on any atom is 0.308 e. The number of thioether (sulfide) groups is 1. The van der Waals surface area contributed by atoms with Crippen molar-refractivity contribution in [2.24, 2.45) is 0 Å². The predicted octanol–water partition coefficient (Wildman–Crippen LogP) is 3.44. The van der Waals surface area contributed by atoms with Gasteiger partial charge in [-0.2, -0.15) is 0 Å². The van der Waals surface area contributed by atoms with Crippen molar-refractivity contribution in [3.05, 3.63) is 36.7 Å². The highest BCUT2D eigenvalue weighted by Gasteiger charge is 2.13. The van der Waals surface area contributed by atoms with E-state index < -0.39 is 5.97 Å². The number of hydrogen-bond acceptors (Lipinski definition) is 6. The molecule has 1 aromatic carbocycles. The zero-order valence-corrected chi connectivity index (χ0v) is 14.5. The molecule has 2 aromatic heterocycles. The maximum absolute atomic E-state index is 11.3. The standard InChI is InChI=1S/C17H17N3O3S/c1-4-24-17-19-13(10-16-18-7-8-20(16)17)12-5-6-14(22-3)15(9-12)23-11(2)21/h5-10H,4H2,1-3H3. The topological polar surface area (TPSA) is 65.7 Å². The first-order valence-electron chi connectivity index (χ1n) is 7.46. The number of nitrogens with zero attached hydrogens (tertiary/aromatic N) is 3. The molecule has 124 valence electrons. The molecule has 0 aliphatic carbocycles. The molecule has 0 fully saturated rings. The monoisotopic (exact) mass is 343 g/mol. The third kappa shape index (κ3) is 3.21. The number of ether oxygens (including phenoxy) is 2. The molecule has 0 aliphatic rings. The first-order valence-corrected chi connectivity index (χ1v) is 8.44. The van der Waals surface area contributed by atoms with Gasteiger partial charge in [0.25, 0.3) is 0 Å². The Morgan fingerprint density at radius 1 is 1.29 bits per heavy atom. The number of hydrogen-bond donors (Lipinski definition) is 0. The molecule has 7 heteroatoms. The van der Waals surface area contributed by atoms with E-state index in [1.54, 1.807) is 30.1 Å². The number of rotatable bonds is 5. The first-order chi connectivity index (χ1) is 11.6. The van der Waals surface area contributed by atoms with Crippen LogP contribution in [-0.4, -0.2) is 33.2 Å². The van der Waals surface area contributed by atoms with Crippen molar-refractivity contribution in [3.8, 4) is 22.8 Å². The number of esters is 1. The average Bonchev–Trinajstić information content (AvgIpc) is 3.03. The van der Waals surface area contributed by atoms with E-state index in [2.05, 4.69) is 11.9 Å². The molecule has 0 spiro atoms. The van der Waals surface area contributed by atoms with Gasteiger partial charge >= 0.3 is 5.97 Å². The molecule has 0 saturated carbocycles. The number of carbonyl (C=O) groups is 1. The summed E-state index contributed by atoms with van der Waals surface area (Å²) in [6.45, 7) is 3.44. The molecule has 0 atom stereocenters. The lowest BCUT2D eigenvalue weighted by atomic mass is 10.1. The van der Waals surface area contributed by atoms with Crippen molar-refractivity contribution >= 4 is 23.4 Å². The van der Waals surface area contributed by atoms with Crippen LogP contribution < -0.4 is 9.47 Å². The van der Waals surface area contributed by atoms with Crippen LogP contribution in [0.2, 0.25) is 0 Å². The summed E-state index contributed by atoms with van der Waals surface area (Å²) in [5.41, 5.74) is 2.41. The third-order valence-corrected chi connectivity index (χ3v) is 4.18. The minimum absolute atomic E-state index is 0.372. The van der Waals surface area contributed by atoms with Gasteiger partial charge in [0.05, 0.1) is 12.8 Å². The molecule has 6 nitrogen and oxygen atoms in total. The second kappa shape index (κ2) is 6.92. The van der Waals surface area contributed by atoms with E-state index in [0.29, 0.717) is 11.5 Å². The van der Waals surface area contributed by atoms with Crippen molar-refractivity contribution in [3.63, 3.8) is 0 Å². The zero-order chi connectivity index (χ0) is 17.1. The normalized spacial score (nSPS) is 10.8. The van der Waals surface area contributed by atoms with Gasteiger partial charge in [-0.25, -0.2) is 9.97 Å². The number of carbonyl (C=O) groups excluding carboxylic acids is 1. The fraction of sp³-hybridized carbons (Fsp3) is 0.235. The minimum Gasteiger partial charge on any atom is -0.493 e. The van der Waals surface area contributed by atoms with Gasteiger partial charge in [-0.3, -0.25) is 9.20 Å². The Morgan fingerprint density at radius 3 is 2.83 bits per heavy atom. The lowest BCUT2D eigenvalue weighted by Crippen LogP contribution is -2.03. The summed E-state index contributed by atoms with van der Waals surface area (Å²) >= 11 is 1.64. The zero-order valence-electron chi connectivity index (χ0n) is 13.6. The van der Waals surface area contributed by atoms with Crippen molar-refractivity contribution < 1.29 is 14.3 Å². The molecule has 0 aliphatic heterocycles. The largest absolute Gasteiger partial charge is 0.493 e. The van der Waals surface area contributed by atoms with E-state index in [0.717, 1.165) is 27.8 Å². The van der Waals surface area contributed by atoms with Crippen molar-refractivity contribution in [1.82, 2.24) is 14.4 Å². The number of methoxy groups -OCH3 is 1. The molecule has 0 saturated heterocycles. The summed E-state index contributed by atoms with van der Waals surface area (Å²) in [7, 11) is 1.53. The van der Waals surface area contributed by atoms with Crippen LogP contribution in [0, 0.1) is 0 Å². The fourth-order valence-electron chi connectivity index (χ4n) is 2.34. The number of benzene rings is 1. The molecule has 3 aromatic rings. The highest BCUT2D eigenvalue weighted by atomic mass is 32.2. The van der Waals surface area contributed by atoms with Gasteiger partial charge in [0.1, 0.15) is 5.65 Å². The van der Waals surface area contributed by atoms with Gasteiger partial charge in [-0.1, -0.05) is 18.7 Å². The SMILES string of the molecule is CCSc1nc(-c2ccc(OC)c(OC(C)=O)c2)cc2nccn12. The van der Waals surface area contributed by atoms with E-state index in [1.165, 1.54) is 14.0 Å². The molecule has 0 bridgehead atoms. The summed E-state index contributed by atoms with van der Waals surface area (Å²) in [5.74, 6) is 1.38. The van der Waals surface area contributed by atoms with Crippen LogP contribution in [0.5, 0.6) is 11.5 Å². The van der Waals surface area contributed by atoms with E-state index in [1.807, 2.05) is 22.7 Å². The Labute approximate surface area is 143 Å². The molecule has 0 N–H and O–H groups in total.